The lowest BCUT2D eigenvalue weighted by Gasteiger charge is -2.04. The molecule has 3 aromatic rings. The average molecular weight is 315 g/mol. The van der Waals surface area contributed by atoms with Gasteiger partial charge in [-0.15, -0.1) is 11.3 Å². The summed E-state index contributed by atoms with van der Waals surface area (Å²) in [4.78, 5) is 16.5. The van der Waals surface area contributed by atoms with Gasteiger partial charge in [-0.1, -0.05) is 12.1 Å². The zero-order valence-electron chi connectivity index (χ0n) is 12.0. The van der Waals surface area contributed by atoms with Crippen LogP contribution in [0.25, 0.3) is 11.3 Å². The molecule has 0 unspecified atom stereocenters. The highest BCUT2D eigenvalue weighted by Gasteiger charge is 2.14. The van der Waals surface area contributed by atoms with Gasteiger partial charge in [-0.25, -0.2) is 4.98 Å². The van der Waals surface area contributed by atoms with Gasteiger partial charge in [-0.3, -0.25) is 4.79 Å². The van der Waals surface area contributed by atoms with Gasteiger partial charge in [0.25, 0.3) is 11.8 Å². The van der Waals surface area contributed by atoms with Crippen molar-refractivity contribution < 1.29 is 14.1 Å². The van der Waals surface area contributed by atoms with E-state index in [-0.39, 0.29) is 17.5 Å². The number of aromatic nitrogens is 2. The summed E-state index contributed by atoms with van der Waals surface area (Å²) in [6.45, 7) is 1.96. The predicted molar refractivity (Wildman–Crippen MR) is 83.3 cm³/mol. The van der Waals surface area contributed by atoms with Crippen LogP contribution in [0.2, 0.25) is 0 Å². The Labute approximate surface area is 130 Å². The zero-order chi connectivity index (χ0) is 15.5. The number of carbonyl (C=O) groups excluding carboxylic acids is 1. The summed E-state index contributed by atoms with van der Waals surface area (Å²) in [5.74, 6) is -0.0361. The Hall–Kier alpha value is -2.67. The van der Waals surface area contributed by atoms with E-state index in [1.54, 1.807) is 17.4 Å². The average Bonchev–Trinajstić information content (AvgIpc) is 3.16. The van der Waals surface area contributed by atoms with E-state index in [4.69, 9.17) is 9.26 Å². The summed E-state index contributed by atoms with van der Waals surface area (Å²) in [6, 6.07) is 8.90. The Morgan fingerprint density at radius 2 is 2.23 bits per heavy atom. The number of anilines is 1. The number of hydrogen-bond acceptors (Lipinski definition) is 6. The summed E-state index contributed by atoms with van der Waals surface area (Å²) in [7, 11) is 1.46. The summed E-state index contributed by atoms with van der Waals surface area (Å²) in [5.41, 5.74) is 2.49. The number of ether oxygens (including phenoxy) is 1. The Balaban J connectivity index is 1.79. The summed E-state index contributed by atoms with van der Waals surface area (Å²) >= 11 is 1.59. The van der Waals surface area contributed by atoms with Gasteiger partial charge in [0, 0.05) is 16.6 Å². The van der Waals surface area contributed by atoms with Crippen LogP contribution in [0.1, 0.15) is 15.6 Å². The molecule has 0 aliphatic carbocycles. The van der Waals surface area contributed by atoms with Crippen molar-refractivity contribution in [2.45, 2.75) is 6.92 Å². The van der Waals surface area contributed by atoms with Crippen LogP contribution in [0.15, 0.2) is 40.2 Å². The van der Waals surface area contributed by atoms with Gasteiger partial charge in [-0.2, -0.15) is 0 Å². The smallest absolute Gasteiger partial charge is 0.294 e. The van der Waals surface area contributed by atoms with Crippen LogP contribution >= 0.6 is 11.3 Å². The van der Waals surface area contributed by atoms with Gasteiger partial charge in [0.2, 0.25) is 5.76 Å². The monoisotopic (exact) mass is 315 g/mol. The first-order chi connectivity index (χ1) is 10.7. The Bertz CT molecular complexity index is 810. The third kappa shape index (κ3) is 2.99. The quantitative estimate of drug-likeness (QED) is 0.798. The van der Waals surface area contributed by atoms with Crippen LogP contribution in [-0.2, 0) is 0 Å². The molecule has 0 radical (unpaired) electrons. The van der Waals surface area contributed by atoms with E-state index in [1.165, 1.54) is 13.2 Å². The van der Waals surface area contributed by atoms with Gasteiger partial charge in [0.15, 0.2) is 0 Å². The number of amides is 1. The van der Waals surface area contributed by atoms with Crippen molar-refractivity contribution in [2.24, 2.45) is 0 Å². The standard InChI is InChI=1S/C15H13N3O3S/c1-9-16-12(8-22-9)10-4-3-5-11(6-10)17-15(19)13-7-14(20-2)18-21-13/h3-8H,1-2H3,(H,17,19). The number of nitrogens with one attached hydrogen (secondary N) is 1. The highest BCUT2D eigenvalue weighted by atomic mass is 32.1. The van der Waals surface area contributed by atoms with Crippen molar-refractivity contribution >= 4 is 22.9 Å². The van der Waals surface area contributed by atoms with Gasteiger partial charge in [-0.05, 0) is 24.2 Å². The van der Waals surface area contributed by atoms with Crippen molar-refractivity contribution in [2.75, 3.05) is 12.4 Å². The largest absolute Gasteiger partial charge is 0.479 e. The molecule has 0 atom stereocenters. The Morgan fingerprint density at radius 3 is 2.91 bits per heavy atom. The molecule has 7 heteroatoms. The molecule has 0 saturated carbocycles. The van der Waals surface area contributed by atoms with E-state index in [9.17, 15) is 4.79 Å². The lowest BCUT2D eigenvalue weighted by atomic mass is 10.1. The molecular weight excluding hydrogens is 302 g/mol. The maximum Gasteiger partial charge on any atom is 0.294 e. The Morgan fingerprint density at radius 1 is 1.36 bits per heavy atom. The van der Waals surface area contributed by atoms with E-state index >= 15 is 0 Å². The summed E-state index contributed by atoms with van der Waals surface area (Å²) in [5, 5.41) is 9.34. The first-order valence-corrected chi connectivity index (χ1v) is 7.38. The van der Waals surface area contributed by atoms with Crippen LogP contribution < -0.4 is 10.1 Å². The zero-order valence-corrected chi connectivity index (χ0v) is 12.8. The number of hydrogen-bond donors (Lipinski definition) is 1. The van der Waals surface area contributed by atoms with Crippen LogP contribution in [0.4, 0.5) is 5.69 Å². The second-order valence-corrected chi connectivity index (χ2v) is 5.58. The second-order valence-electron chi connectivity index (χ2n) is 4.52. The fraction of sp³-hybridized carbons (Fsp3) is 0.133. The third-order valence-electron chi connectivity index (χ3n) is 2.96. The van der Waals surface area contributed by atoms with Crippen LogP contribution in [-0.4, -0.2) is 23.2 Å². The SMILES string of the molecule is COc1cc(C(=O)Nc2cccc(-c3csc(C)n3)c2)on1. The molecule has 0 aliphatic heterocycles. The van der Waals surface area contributed by atoms with Crippen molar-refractivity contribution in [3.05, 3.63) is 46.5 Å². The van der Waals surface area contributed by atoms with Gasteiger partial charge >= 0.3 is 0 Å². The molecule has 1 N–H and O–H groups in total. The first-order valence-electron chi connectivity index (χ1n) is 6.50. The number of benzene rings is 1. The van der Waals surface area contributed by atoms with Gasteiger partial charge in [0.05, 0.1) is 23.9 Å². The van der Waals surface area contributed by atoms with Crippen LogP contribution in [0.5, 0.6) is 5.88 Å². The van der Waals surface area contributed by atoms with Gasteiger partial charge in [0.1, 0.15) is 0 Å². The molecule has 0 bridgehead atoms. The molecule has 22 heavy (non-hydrogen) atoms. The molecule has 6 nitrogen and oxygen atoms in total. The Kier molecular flexibility index (Phi) is 3.88. The van der Waals surface area contributed by atoms with E-state index in [2.05, 4.69) is 15.5 Å². The molecule has 0 aliphatic rings. The highest BCUT2D eigenvalue weighted by molar-refractivity contribution is 7.09. The van der Waals surface area contributed by atoms with Crippen LogP contribution in [0.3, 0.4) is 0 Å². The number of rotatable bonds is 4. The number of thiazole rings is 1. The minimum atomic E-state index is -0.387. The van der Waals surface area contributed by atoms with Crippen molar-refractivity contribution in [1.29, 1.82) is 0 Å². The molecule has 0 spiro atoms. The van der Waals surface area contributed by atoms with E-state index in [0.29, 0.717) is 5.69 Å². The van der Waals surface area contributed by atoms with E-state index < -0.39 is 0 Å². The molecule has 0 saturated heterocycles. The maximum absolute atomic E-state index is 12.1. The third-order valence-corrected chi connectivity index (χ3v) is 3.73. The number of carbonyl (C=O) groups is 1. The first kappa shape index (κ1) is 14.3. The molecule has 0 fully saturated rings. The maximum atomic E-state index is 12.1. The summed E-state index contributed by atoms with van der Waals surface area (Å²) in [6.07, 6.45) is 0. The lowest BCUT2D eigenvalue weighted by Crippen LogP contribution is -2.10. The van der Waals surface area contributed by atoms with Crippen molar-refractivity contribution in [3.8, 4) is 17.1 Å². The highest BCUT2D eigenvalue weighted by Crippen LogP contribution is 2.24. The number of methoxy groups -OCH3 is 1. The second kappa shape index (κ2) is 5.98. The molecule has 2 heterocycles. The normalized spacial score (nSPS) is 10.5. The number of aryl methyl sites for hydroxylation is 1. The number of nitrogens with zero attached hydrogens (tertiary/aromatic N) is 2. The summed E-state index contributed by atoms with van der Waals surface area (Å²) < 4.78 is 9.79. The molecule has 3 rings (SSSR count). The minimum Gasteiger partial charge on any atom is -0.479 e. The molecule has 1 aromatic carbocycles. The molecule has 112 valence electrons. The topological polar surface area (TPSA) is 77.2 Å². The molecule has 1 amide bonds. The van der Waals surface area contributed by atoms with Crippen molar-refractivity contribution in [3.63, 3.8) is 0 Å². The van der Waals surface area contributed by atoms with E-state index in [0.717, 1.165) is 16.3 Å². The fourth-order valence-electron chi connectivity index (χ4n) is 1.91. The van der Waals surface area contributed by atoms with Gasteiger partial charge < -0.3 is 14.6 Å². The van der Waals surface area contributed by atoms with Crippen molar-refractivity contribution in [1.82, 2.24) is 10.1 Å². The predicted octanol–water partition coefficient (Wildman–Crippen LogP) is 3.37. The molecular formula is C15H13N3O3S. The van der Waals surface area contributed by atoms with E-state index in [1.807, 2.05) is 30.5 Å². The fourth-order valence-corrected chi connectivity index (χ4v) is 2.53. The lowest BCUT2D eigenvalue weighted by molar-refractivity contribution is 0.0987. The molecule has 2 aromatic heterocycles. The minimum absolute atomic E-state index is 0.0896. The van der Waals surface area contributed by atoms with Crippen LogP contribution in [0, 0.1) is 6.92 Å².